The molecule has 3 N–H and O–H groups in total. The van der Waals surface area contributed by atoms with Crippen molar-refractivity contribution in [2.75, 3.05) is 39.6 Å². The number of phosphoric ester groups is 2. The van der Waals surface area contributed by atoms with Crippen molar-refractivity contribution in [2.45, 2.75) is 470 Å². The number of unbranched alkanes of at least 4 members (excludes halogenated alkanes) is 55. The first-order valence-electron chi connectivity index (χ1n) is 43.7. The fourth-order valence-electron chi connectivity index (χ4n) is 13.1. The lowest BCUT2D eigenvalue weighted by Crippen LogP contribution is -2.30. The molecule has 0 fully saturated rings. The summed E-state index contributed by atoms with van der Waals surface area (Å²) >= 11 is 0. The smallest absolute Gasteiger partial charge is 0.462 e. The minimum absolute atomic E-state index is 0.109. The maximum Gasteiger partial charge on any atom is 0.472 e. The van der Waals surface area contributed by atoms with E-state index in [9.17, 15) is 43.2 Å². The molecule has 17 nitrogen and oxygen atoms in total. The van der Waals surface area contributed by atoms with E-state index in [2.05, 4.69) is 34.6 Å². The number of aliphatic hydroxyl groups excluding tert-OH is 1. The highest BCUT2D eigenvalue weighted by molar-refractivity contribution is 7.47. The Morgan fingerprint density at radius 2 is 0.466 bits per heavy atom. The monoisotopic (exact) mass is 1510 g/mol. The van der Waals surface area contributed by atoms with Crippen molar-refractivity contribution in [2.24, 2.45) is 5.92 Å². The zero-order chi connectivity index (χ0) is 75.5. The maximum absolute atomic E-state index is 13.1. The topological polar surface area (TPSA) is 237 Å². The molecule has 0 saturated carbocycles. The van der Waals surface area contributed by atoms with E-state index in [4.69, 9.17) is 37.0 Å². The van der Waals surface area contributed by atoms with E-state index in [0.717, 1.165) is 95.8 Å². The summed E-state index contributed by atoms with van der Waals surface area (Å²) in [6.07, 6.45) is 69.2. The second-order valence-corrected chi connectivity index (χ2v) is 33.4. The Labute approximate surface area is 632 Å². The molecular weight excluding hydrogens is 1340 g/mol. The molecule has 0 spiro atoms. The van der Waals surface area contributed by atoms with Crippen molar-refractivity contribution in [3.8, 4) is 0 Å². The molecule has 103 heavy (non-hydrogen) atoms. The average Bonchev–Trinajstić information content (AvgIpc) is 0.925. The second kappa shape index (κ2) is 76.8. The average molecular weight is 1510 g/mol. The fraction of sp³-hybridized carbons (Fsp3) is 0.952. The van der Waals surface area contributed by atoms with E-state index in [-0.39, 0.29) is 25.7 Å². The summed E-state index contributed by atoms with van der Waals surface area (Å²) in [5, 5.41) is 10.7. The predicted molar refractivity (Wildman–Crippen MR) is 423 cm³/mol. The molecule has 3 unspecified atom stereocenters. The summed E-state index contributed by atoms with van der Waals surface area (Å²) in [6, 6.07) is 0. The number of phosphoric acid groups is 2. The van der Waals surface area contributed by atoms with Crippen LogP contribution < -0.4 is 0 Å². The van der Waals surface area contributed by atoms with E-state index in [1.807, 2.05) is 0 Å². The van der Waals surface area contributed by atoms with Crippen molar-refractivity contribution < 1.29 is 80.2 Å². The Balaban J connectivity index is 5.24. The molecule has 0 rings (SSSR count). The van der Waals surface area contributed by atoms with Crippen LogP contribution in [-0.4, -0.2) is 96.7 Å². The molecule has 0 aliphatic heterocycles. The first kappa shape index (κ1) is 101. The van der Waals surface area contributed by atoms with Crippen molar-refractivity contribution >= 4 is 39.5 Å². The molecule has 0 aromatic carbocycles. The number of hydrogen-bond donors (Lipinski definition) is 3. The molecule has 19 heteroatoms. The number of esters is 4. The Kier molecular flexibility index (Phi) is 75.4. The lowest BCUT2D eigenvalue weighted by molar-refractivity contribution is -0.161. The summed E-state index contributed by atoms with van der Waals surface area (Å²) < 4.78 is 68.8. The number of ether oxygens (including phenoxy) is 4. The van der Waals surface area contributed by atoms with Gasteiger partial charge < -0.3 is 33.8 Å². The largest absolute Gasteiger partial charge is 0.472 e. The van der Waals surface area contributed by atoms with E-state index < -0.39 is 97.5 Å². The van der Waals surface area contributed by atoms with Gasteiger partial charge in [0.05, 0.1) is 26.4 Å². The molecule has 0 radical (unpaired) electrons. The molecule has 6 atom stereocenters. The number of rotatable bonds is 84. The van der Waals surface area contributed by atoms with Gasteiger partial charge in [0.2, 0.25) is 0 Å². The SMILES string of the molecule is CCCCCCCCCCCCCCCCCCCCCCC(=O)O[C@H](COC(=O)CCCCCCCCCCCCCCCCC(C)CC)COP(=O)(O)OC[C@@H](O)COP(=O)(O)OC[C@@H](COC(=O)CCCCCCCCCCCCC)OC(=O)CCCCCCCCCCCCCCCC. The zero-order valence-corrected chi connectivity index (χ0v) is 69.3. The van der Waals surface area contributed by atoms with Crippen LogP contribution in [0.1, 0.15) is 452 Å². The summed E-state index contributed by atoms with van der Waals surface area (Å²) in [5.74, 6) is -1.25. The highest BCUT2D eigenvalue weighted by Crippen LogP contribution is 2.45. The molecule has 0 aliphatic carbocycles. The van der Waals surface area contributed by atoms with Gasteiger partial charge in [-0.3, -0.25) is 37.3 Å². The van der Waals surface area contributed by atoms with Crippen LogP contribution >= 0.6 is 15.6 Å². The third-order valence-electron chi connectivity index (χ3n) is 20.1. The predicted octanol–water partition coefficient (Wildman–Crippen LogP) is 25.6. The molecule has 612 valence electrons. The summed E-state index contributed by atoms with van der Waals surface area (Å²) in [6.45, 7) is 7.41. The highest BCUT2D eigenvalue weighted by Gasteiger charge is 2.30. The molecule has 0 aromatic heterocycles. The van der Waals surface area contributed by atoms with Crippen LogP contribution in [0.25, 0.3) is 0 Å². The Morgan fingerprint density at radius 1 is 0.272 bits per heavy atom. The quantitative estimate of drug-likeness (QED) is 0.0222. The van der Waals surface area contributed by atoms with Crippen molar-refractivity contribution in [3.05, 3.63) is 0 Å². The Hall–Kier alpha value is -1.94. The van der Waals surface area contributed by atoms with Crippen LogP contribution in [0.4, 0.5) is 0 Å². The molecule has 0 saturated heterocycles. The molecule has 0 aromatic rings. The number of hydrogen-bond acceptors (Lipinski definition) is 15. The van der Waals surface area contributed by atoms with Gasteiger partial charge in [0.25, 0.3) is 0 Å². The third-order valence-corrected chi connectivity index (χ3v) is 22.0. The fourth-order valence-corrected chi connectivity index (χ4v) is 14.7. The Bertz CT molecular complexity index is 1960. The molecule has 0 heterocycles. The second-order valence-electron chi connectivity index (χ2n) is 30.5. The summed E-state index contributed by atoms with van der Waals surface area (Å²) in [4.78, 5) is 73.1. The zero-order valence-electron chi connectivity index (χ0n) is 67.5. The van der Waals surface area contributed by atoms with Gasteiger partial charge in [0, 0.05) is 25.7 Å². The first-order chi connectivity index (χ1) is 50.1. The van der Waals surface area contributed by atoms with Gasteiger partial charge in [0.15, 0.2) is 12.2 Å². The normalized spacial score (nSPS) is 14.1. The van der Waals surface area contributed by atoms with Gasteiger partial charge in [-0.15, -0.1) is 0 Å². The van der Waals surface area contributed by atoms with Crippen LogP contribution in [0.3, 0.4) is 0 Å². The van der Waals surface area contributed by atoms with E-state index in [0.29, 0.717) is 25.7 Å². The summed E-state index contributed by atoms with van der Waals surface area (Å²) in [7, 11) is -9.92. The van der Waals surface area contributed by atoms with Crippen LogP contribution in [0.5, 0.6) is 0 Å². The van der Waals surface area contributed by atoms with Gasteiger partial charge in [0.1, 0.15) is 19.3 Å². The van der Waals surface area contributed by atoms with E-state index in [1.54, 1.807) is 0 Å². The van der Waals surface area contributed by atoms with Crippen LogP contribution in [0.15, 0.2) is 0 Å². The van der Waals surface area contributed by atoms with Crippen molar-refractivity contribution in [3.63, 3.8) is 0 Å². The van der Waals surface area contributed by atoms with Gasteiger partial charge in [-0.25, -0.2) is 9.13 Å². The highest BCUT2D eigenvalue weighted by atomic mass is 31.2. The maximum atomic E-state index is 13.1. The van der Waals surface area contributed by atoms with Crippen molar-refractivity contribution in [1.82, 2.24) is 0 Å². The van der Waals surface area contributed by atoms with Gasteiger partial charge in [-0.05, 0) is 31.6 Å². The molecular formula is C84H164O17P2. The molecule has 0 bridgehead atoms. The standard InChI is InChI=1S/C84H164O17P2/c1-6-10-13-16-19-22-25-27-29-30-31-32-33-34-40-45-50-55-60-65-70-84(89)101-80(74-95-82(87)68-63-58-53-48-43-39-36-35-37-42-46-51-56-61-66-77(5)9-4)76-99-103(92,93)97-72-78(85)71-96-102(90,91)98-75-79(73-94-81(86)67-62-57-52-47-41-24-21-18-15-12-8-3)100-83(88)69-64-59-54-49-44-38-28-26-23-20-17-14-11-7-2/h77-80,85H,6-76H2,1-5H3,(H,90,91)(H,92,93)/t77?,78-,79+,80+/m0/s1. The van der Waals surface area contributed by atoms with Crippen LogP contribution in [0.2, 0.25) is 0 Å². The lowest BCUT2D eigenvalue weighted by Gasteiger charge is -2.21. The number of carbonyl (C=O) groups is 4. The Morgan fingerprint density at radius 3 is 0.689 bits per heavy atom. The van der Waals surface area contributed by atoms with E-state index in [1.165, 1.54) is 276 Å². The molecule has 0 aliphatic rings. The van der Waals surface area contributed by atoms with Crippen molar-refractivity contribution in [1.29, 1.82) is 0 Å². The number of aliphatic hydroxyl groups is 1. The van der Waals surface area contributed by atoms with Crippen LogP contribution in [0, 0.1) is 5.92 Å². The van der Waals surface area contributed by atoms with Gasteiger partial charge in [-0.1, -0.05) is 401 Å². The number of carbonyl (C=O) groups excluding carboxylic acids is 4. The first-order valence-corrected chi connectivity index (χ1v) is 46.7. The minimum atomic E-state index is -4.96. The van der Waals surface area contributed by atoms with Crippen LogP contribution in [-0.2, 0) is 65.4 Å². The van der Waals surface area contributed by atoms with E-state index >= 15 is 0 Å². The lowest BCUT2D eigenvalue weighted by atomic mass is 9.99. The summed E-state index contributed by atoms with van der Waals surface area (Å²) in [5.41, 5.74) is 0. The minimum Gasteiger partial charge on any atom is -0.462 e. The third kappa shape index (κ3) is 76.6. The molecule has 0 amide bonds. The van der Waals surface area contributed by atoms with Gasteiger partial charge >= 0.3 is 39.5 Å². The van der Waals surface area contributed by atoms with Gasteiger partial charge in [-0.2, -0.15) is 0 Å².